The van der Waals surface area contributed by atoms with E-state index in [1.54, 1.807) is 0 Å². The average molecular weight is 198 g/mol. The van der Waals surface area contributed by atoms with Gasteiger partial charge in [-0.25, -0.2) is 4.79 Å². The largest absolute Gasteiger partial charge is 0.481 e. The molecule has 6 nitrogen and oxygen atoms in total. The summed E-state index contributed by atoms with van der Waals surface area (Å²) >= 11 is 0. The van der Waals surface area contributed by atoms with Crippen LogP contribution in [0.1, 0.15) is 6.42 Å². The van der Waals surface area contributed by atoms with Crippen molar-refractivity contribution in [3.8, 4) is 0 Å². The Balaban J connectivity index is -0.000000107. The van der Waals surface area contributed by atoms with E-state index >= 15 is 0 Å². The number of carboxylic acid groups (broad SMARTS) is 2. The van der Waals surface area contributed by atoms with Crippen molar-refractivity contribution < 1.29 is 30.4 Å². The standard InChI is InChI=1S/C4H6O5.2Na.H2O/c5-2(4(8)9)1-3(6)7;;;/h2,5H,1H2,(H,6,7)(H,8,9);;;1H2. The zero-order chi connectivity index (χ0) is 7.44. The first kappa shape index (κ1) is 23.0. The van der Waals surface area contributed by atoms with Gasteiger partial charge in [0.1, 0.15) is 0 Å². The molecule has 0 aromatic heterocycles. The van der Waals surface area contributed by atoms with Gasteiger partial charge in [0.2, 0.25) is 0 Å². The second kappa shape index (κ2) is 11.9. The van der Waals surface area contributed by atoms with Crippen LogP contribution in [-0.2, 0) is 9.59 Å². The molecule has 2 radical (unpaired) electrons. The number of rotatable bonds is 3. The quantitative estimate of drug-likeness (QED) is 0.426. The van der Waals surface area contributed by atoms with Gasteiger partial charge in [-0.1, -0.05) is 0 Å². The van der Waals surface area contributed by atoms with Gasteiger partial charge in [0.25, 0.3) is 0 Å². The van der Waals surface area contributed by atoms with Crippen LogP contribution in [0.5, 0.6) is 0 Å². The molecule has 0 aliphatic rings. The molecule has 0 aromatic rings. The molecule has 1 unspecified atom stereocenters. The minimum Gasteiger partial charge on any atom is -0.481 e. The predicted molar refractivity (Wildman–Crippen MR) is 41.0 cm³/mol. The molecule has 0 rings (SSSR count). The topological polar surface area (TPSA) is 126 Å². The summed E-state index contributed by atoms with van der Waals surface area (Å²) in [5, 5.41) is 24.1. The van der Waals surface area contributed by atoms with Gasteiger partial charge in [0, 0.05) is 59.1 Å². The monoisotopic (exact) mass is 198 g/mol. The molecule has 0 amide bonds. The molecule has 0 bridgehead atoms. The van der Waals surface area contributed by atoms with Crippen LogP contribution in [-0.4, -0.2) is 98.0 Å². The van der Waals surface area contributed by atoms with Crippen molar-refractivity contribution in [1.82, 2.24) is 0 Å². The van der Waals surface area contributed by atoms with E-state index in [0.717, 1.165) is 0 Å². The van der Waals surface area contributed by atoms with Crippen LogP contribution in [0.15, 0.2) is 0 Å². The molecule has 1 atom stereocenters. The van der Waals surface area contributed by atoms with Gasteiger partial charge in [-0.15, -0.1) is 0 Å². The summed E-state index contributed by atoms with van der Waals surface area (Å²) in [7, 11) is 0. The Morgan fingerprint density at radius 1 is 1.17 bits per heavy atom. The fraction of sp³-hybridized carbons (Fsp3) is 0.500. The van der Waals surface area contributed by atoms with Crippen LogP contribution in [0, 0.1) is 0 Å². The van der Waals surface area contributed by atoms with Crippen LogP contribution in [0.2, 0.25) is 0 Å². The number of aliphatic hydroxyl groups excluding tert-OH is 1. The first-order valence-corrected chi connectivity index (χ1v) is 2.16. The van der Waals surface area contributed by atoms with Gasteiger partial charge in [-0.3, -0.25) is 4.79 Å². The number of aliphatic hydroxyl groups is 1. The van der Waals surface area contributed by atoms with Crippen molar-refractivity contribution in [2.75, 3.05) is 0 Å². The van der Waals surface area contributed by atoms with E-state index in [2.05, 4.69) is 0 Å². The van der Waals surface area contributed by atoms with Crippen LogP contribution >= 0.6 is 0 Å². The molecule has 0 spiro atoms. The molecule has 0 saturated carbocycles. The molecule has 8 heteroatoms. The molecular weight excluding hydrogens is 190 g/mol. The molecule has 12 heavy (non-hydrogen) atoms. The normalized spacial score (nSPS) is 9.42. The first-order chi connectivity index (χ1) is 4.04. The van der Waals surface area contributed by atoms with E-state index < -0.39 is 24.5 Å². The minimum atomic E-state index is -1.79. The van der Waals surface area contributed by atoms with E-state index in [0.29, 0.717) is 0 Å². The van der Waals surface area contributed by atoms with E-state index in [9.17, 15) is 9.59 Å². The molecule has 62 valence electrons. The molecular formula is C4H8Na2O6. The number of aliphatic carboxylic acids is 2. The summed E-state index contributed by atoms with van der Waals surface area (Å²) in [5.74, 6) is -2.85. The molecule has 0 saturated heterocycles. The summed E-state index contributed by atoms with van der Waals surface area (Å²) in [5.41, 5.74) is 0. The Morgan fingerprint density at radius 3 is 1.58 bits per heavy atom. The SMILES string of the molecule is O.O=C(O)CC(O)C(=O)O.[Na].[Na]. The van der Waals surface area contributed by atoms with Crippen molar-refractivity contribution in [1.29, 1.82) is 0 Å². The van der Waals surface area contributed by atoms with Crippen molar-refractivity contribution in [3.63, 3.8) is 0 Å². The summed E-state index contributed by atoms with van der Waals surface area (Å²) in [6.07, 6.45) is -2.54. The predicted octanol–water partition coefficient (Wildman–Crippen LogP) is -2.68. The molecule has 0 aliphatic heterocycles. The number of carbonyl (C=O) groups is 2. The van der Waals surface area contributed by atoms with Crippen molar-refractivity contribution in [2.45, 2.75) is 12.5 Å². The van der Waals surface area contributed by atoms with Gasteiger partial charge in [0.15, 0.2) is 6.10 Å². The summed E-state index contributed by atoms with van der Waals surface area (Å²) < 4.78 is 0. The van der Waals surface area contributed by atoms with E-state index in [-0.39, 0.29) is 64.6 Å². The Bertz CT molecular complexity index is 138. The maximum atomic E-state index is 9.72. The summed E-state index contributed by atoms with van der Waals surface area (Å²) in [4.78, 5) is 19.4. The van der Waals surface area contributed by atoms with E-state index in [4.69, 9.17) is 15.3 Å². The van der Waals surface area contributed by atoms with Crippen LogP contribution < -0.4 is 0 Å². The second-order valence-electron chi connectivity index (χ2n) is 1.45. The van der Waals surface area contributed by atoms with Crippen LogP contribution in [0.4, 0.5) is 0 Å². The smallest absolute Gasteiger partial charge is 0.333 e. The molecule has 0 aliphatic carbocycles. The number of carboxylic acids is 2. The number of hydrogen-bond acceptors (Lipinski definition) is 3. The molecule has 0 aromatic carbocycles. The summed E-state index contributed by atoms with van der Waals surface area (Å²) in [6.45, 7) is 0. The Hall–Kier alpha value is 0.860. The zero-order valence-electron chi connectivity index (χ0n) is 6.94. The van der Waals surface area contributed by atoms with Crippen molar-refractivity contribution in [3.05, 3.63) is 0 Å². The van der Waals surface area contributed by atoms with E-state index in [1.165, 1.54) is 0 Å². The first-order valence-electron chi connectivity index (χ1n) is 2.16. The Morgan fingerprint density at radius 2 is 1.50 bits per heavy atom. The Kier molecular flexibility index (Phi) is 22.8. The van der Waals surface area contributed by atoms with Crippen molar-refractivity contribution in [2.24, 2.45) is 0 Å². The number of hydrogen-bond donors (Lipinski definition) is 3. The molecule has 0 heterocycles. The van der Waals surface area contributed by atoms with E-state index in [1.807, 2.05) is 0 Å². The fourth-order valence-corrected chi connectivity index (χ4v) is 0.253. The maximum absolute atomic E-state index is 9.72. The third-order valence-electron chi connectivity index (χ3n) is 0.653. The van der Waals surface area contributed by atoms with Gasteiger partial charge in [-0.05, 0) is 0 Å². The average Bonchev–Trinajstić information content (AvgIpc) is 1.63. The zero-order valence-corrected chi connectivity index (χ0v) is 10.9. The second-order valence-corrected chi connectivity index (χ2v) is 1.45. The van der Waals surface area contributed by atoms with Crippen LogP contribution in [0.25, 0.3) is 0 Å². The third kappa shape index (κ3) is 13.4. The fourth-order valence-electron chi connectivity index (χ4n) is 0.253. The van der Waals surface area contributed by atoms with Gasteiger partial charge < -0.3 is 20.8 Å². The van der Waals surface area contributed by atoms with Crippen molar-refractivity contribution >= 4 is 71.1 Å². The van der Waals surface area contributed by atoms with Gasteiger partial charge in [0.05, 0.1) is 6.42 Å². The molecule has 5 N–H and O–H groups in total. The Labute approximate surface area is 113 Å². The third-order valence-corrected chi connectivity index (χ3v) is 0.653. The van der Waals surface area contributed by atoms with Gasteiger partial charge >= 0.3 is 11.9 Å². The van der Waals surface area contributed by atoms with Crippen LogP contribution in [0.3, 0.4) is 0 Å². The molecule has 0 fully saturated rings. The minimum absolute atomic E-state index is 0. The maximum Gasteiger partial charge on any atom is 0.333 e. The van der Waals surface area contributed by atoms with Gasteiger partial charge in [-0.2, -0.15) is 0 Å². The summed E-state index contributed by atoms with van der Waals surface area (Å²) in [6, 6.07) is 0.